The molecule has 0 aliphatic carbocycles. The predicted molar refractivity (Wildman–Crippen MR) is 62.8 cm³/mol. The van der Waals surface area contributed by atoms with E-state index in [-0.39, 0.29) is 0 Å². The van der Waals surface area contributed by atoms with Gasteiger partial charge in [0.2, 0.25) is 0 Å². The first kappa shape index (κ1) is 9.79. The van der Waals surface area contributed by atoms with E-state index < -0.39 is 0 Å². The Kier molecular flexibility index (Phi) is 2.73. The Morgan fingerprint density at radius 1 is 1.33 bits per heavy atom. The van der Waals surface area contributed by atoms with Crippen molar-refractivity contribution in [3.8, 4) is 5.75 Å². The number of aromatic nitrogens is 1. The molecule has 5 heteroatoms. The highest BCUT2D eigenvalue weighted by atomic mass is 32.1. The van der Waals surface area contributed by atoms with Crippen LogP contribution in [-0.4, -0.2) is 12.1 Å². The van der Waals surface area contributed by atoms with Crippen LogP contribution in [0.15, 0.2) is 29.6 Å². The summed E-state index contributed by atoms with van der Waals surface area (Å²) in [5.74, 6) is 1.37. The molecule has 0 aliphatic heterocycles. The summed E-state index contributed by atoms with van der Waals surface area (Å²) in [4.78, 5) is 4.10. The van der Waals surface area contributed by atoms with Crippen molar-refractivity contribution >= 4 is 28.0 Å². The number of hydrogen-bond acceptors (Lipinski definition) is 5. The highest BCUT2D eigenvalue weighted by Crippen LogP contribution is 2.23. The smallest absolute Gasteiger partial charge is 0.189 e. The minimum atomic E-state index is 0.538. The number of ether oxygens (including phenoxy) is 1. The molecular weight excluding hydrogens is 210 g/mol. The summed E-state index contributed by atoms with van der Waals surface area (Å²) in [6.07, 6.45) is 0. The van der Waals surface area contributed by atoms with Gasteiger partial charge in [-0.05, 0) is 24.3 Å². The molecule has 2 aromatic rings. The van der Waals surface area contributed by atoms with E-state index in [2.05, 4.69) is 10.3 Å². The van der Waals surface area contributed by atoms with Crippen molar-refractivity contribution in [2.75, 3.05) is 18.2 Å². The third kappa shape index (κ3) is 2.38. The second kappa shape index (κ2) is 4.18. The third-order valence-electron chi connectivity index (χ3n) is 1.86. The molecule has 0 radical (unpaired) electrons. The fourth-order valence-electron chi connectivity index (χ4n) is 1.14. The first-order chi connectivity index (χ1) is 7.28. The molecule has 0 fully saturated rings. The molecule has 0 aliphatic rings. The molecule has 0 saturated heterocycles. The molecule has 1 aromatic carbocycles. The normalized spacial score (nSPS) is 9.93. The number of nitrogens with zero attached hydrogens (tertiary/aromatic N) is 1. The number of benzene rings is 1. The highest BCUT2D eigenvalue weighted by molar-refractivity contribution is 7.14. The Labute approximate surface area is 91.7 Å². The van der Waals surface area contributed by atoms with E-state index in [4.69, 9.17) is 10.5 Å². The molecule has 15 heavy (non-hydrogen) atoms. The van der Waals surface area contributed by atoms with Gasteiger partial charge >= 0.3 is 0 Å². The van der Waals surface area contributed by atoms with Crippen LogP contribution < -0.4 is 15.8 Å². The minimum absolute atomic E-state index is 0.538. The predicted octanol–water partition coefficient (Wildman–Crippen LogP) is 2.48. The number of nitrogens with two attached hydrogens (primary N) is 1. The fraction of sp³-hybridized carbons (Fsp3) is 0.100. The molecule has 1 heterocycles. The number of thiazole rings is 1. The van der Waals surface area contributed by atoms with E-state index in [0.717, 1.165) is 16.6 Å². The van der Waals surface area contributed by atoms with Crippen LogP contribution in [0, 0.1) is 0 Å². The summed E-state index contributed by atoms with van der Waals surface area (Å²) in [6.45, 7) is 0. The molecule has 0 amide bonds. The van der Waals surface area contributed by atoms with E-state index in [1.165, 1.54) is 11.3 Å². The van der Waals surface area contributed by atoms with Gasteiger partial charge in [0.05, 0.1) is 7.11 Å². The quantitative estimate of drug-likeness (QED) is 0.836. The summed E-state index contributed by atoms with van der Waals surface area (Å²) >= 11 is 1.48. The zero-order valence-electron chi connectivity index (χ0n) is 8.23. The molecule has 0 saturated carbocycles. The Morgan fingerprint density at radius 3 is 2.60 bits per heavy atom. The van der Waals surface area contributed by atoms with Crippen LogP contribution in [0.25, 0.3) is 0 Å². The summed E-state index contributed by atoms with van der Waals surface area (Å²) in [5.41, 5.74) is 6.48. The first-order valence-corrected chi connectivity index (χ1v) is 5.28. The number of rotatable bonds is 3. The maximum Gasteiger partial charge on any atom is 0.189 e. The maximum absolute atomic E-state index is 5.52. The number of hydrogen-bond donors (Lipinski definition) is 2. The largest absolute Gasteiger partial charge is 0.497 e. The van der Waals surface area contributed by atoms with E-state index in [0.29, 0.717) is 5.82 Å². The van der Waals surface area contributed by atoms with Gasteiger partial charge in [0.15, 0.2) is 5.13 Å². The lowest BCUT2D eigenvalue weighted by atomic mass is 10.3. The molecule has 3 N–H and O–H groups in total. The SMILES string of the molecule is COc1ccc(Nc2nc(N)cs2)cc1. The van der Waals surface area contributed by atoms with E-state index in [1.807, 2.05) is 24.3 Å². The van der Waals surface area contributed by atoms with Crippen LogP contribution in [0.2, 0.25) is 0 Å². The maximum atomic E-state index is 5.52. The van der Waals surface area contributed by atoms with Crippen molar-refractivity contribution in [3.05, 3.63) is 29.6 Å². The topological polar surface area (TPSA) is 60.2 Å². The molecule has 0 spiro atoms. The second-order valence-electron chi connectivity index (χ2n) is 2.93. The Bertz CT molecular complexity index is 438. The molecule has 1 aromatic heterocycles. The molecule has 0 atom stereocenters. The van der Waals surface area contributed by atoms with Crippen molar-refractivity contribution in [1.29, 1.82) is 0 Å². The Balaban J connectivity index is 2.11. The lowest BCUT2D eigenvalue weighted by molar-refractivity contribution is 0.415. The van der Waals surface area contributed by atoms with Gasteiger partial charge in [0.1, 0.15) is 11.6 Å². The standard InChI is InChI=1S/C10H11N3OS/c1-14-8-4-2-7(3-5-8)12-10-13-9(11)6-15-10/h2-6H,11H2,1H3,(H,12,13). The summed E-state index contributed by atoms with van der Waals surface area (Å²) in [6, 6.07) is 7.63. The van der Waals surface area contributed by atoms with Gasteiger partial charge in [-0.2, -0.15) is 0 Å². The van der Waals surface area contributed by atoms with Crippen LogP contribution in [0.1, 0.15) is 0 Å². The monoisotopic (exact) mass is 221 g/mol. The average molecular weight is 221 g/mol. The fourth-order valence-corrected chi connectivity index (χ4v) is 1.76. The number of nitrogen functional groups attached to an aromatic ring is 1. The summed E-state index contributed by atoms with van der Waals surface area (Å²) in [7, 11) is 1.64. The second-order valence-corrected chi connectivity index (χ2v) is 3.79. The van der Waals surface area contributed by atoms with Crippen LogP contribution in [0.5, 0.6) is 5.75 Å². The van der Waals surface area contributed by atoms with Crippen molar-refractivity contribution in [3.63, 3.8) is 0 Å². The zero-order chi connectivity index (χ0) is 10.7. The van der Waals surface area contributed by atoms with Crippen LogP contribution in [0.3, 0.4) is 0 Å². The van der Waals surface area contributed by atoms with Gasteiger partial charge < -0.3 is 15.8 Å². The van der Waals surface area contributed by atoms with Crippen LogP contribution in [0.4, 0.5) is 16.6 Å². The third-order valence-corrected chi connectivity index (χ3v) is 2.64. The highest BCUT2D eigenvalue weighted by Gasteiger charge is 1.99. The van der Waals surface area contributed by atoms with Gasteiger partial charge in [-0.3, -0.25) is 0 Å². The van der Waals surface area contributed by atoms with Crippen molar-refractivity contribution in [2.45, 2.75) is 0 Å². The number of methoxy groups -OCH3 is 1. The van der Waals surface area contributed by atoms with E-state index >= 15 is 0 Å². The van der Waals surface area contributed by atoms with E-state index in [9.17, 15) is 0 Å². The van der Waals surface area contributed by atoms with Gasteiger partial charge in [0, 0.05) is 11.1 Å². The first-order valence-electron chi connectivity index (χ1n) is 4.40. The van der Waals surface area contributed by atoms with Gasteiger partial charge in [-0.25, -0.2) is 4.98 Å². The van der Waals surface area contributed by atoms with E-state index in [1.54, 1.807) is 12.5 Å². The summed E-state index contributed by atoms with van der Waals surface area (Å²) in [5, 5.41) is 5.73. The molecule has 78 valence electrons. The lowest BCUT2D eigenvalue weighted by Crippen LogP contribution is -1.91. The Morgan fingerprint density at radius 2 is 2.07 bits per heavy atom. The molecular formula is C10H11N3OS. The van der Waals surface area contributed by atoms with Crippen molar-refractivity contribution in [1.82, 2.24) is 4.98 Å². The van der Waals surface area contributed by atoms with Crippen LogP contribution >= 0.6 is 11.3 Å². The van der Waals surface area contributed by atoms with Gasteiger partial charge in [-0.1, -0.05) is 0 Å². The lowest BCUT2D eigenvalue weighted by Gasteiger charge is -2.03. The Hall–Kier alpha value is -1.75. The molecule has 0 unspecified atom stereocenters. The number of nitrogens with one attached hydrogen (secondary N) is 1. The van der Waals surface area contributed by atoms with Crippen LogP contribution in [-0.2, 0) is 0 Å². The summed E-state index contributed by atoms with van der Waals surface area (Å²) < 4.78 is 5.06. The van der Waals surface area contributed by atoms with Crippen molar-refractivity contribution < 1.29 is 4.74 Å². The molecule has 2 rings (SSSR count). The molecule has 0 bridgehead atoms. The number of anilines is 3. The van der Waals surface area contributed by atoms with Gasteiger partial charge in [0.25, 0.3) is 0 Å². The van der Waals surface area contributed by atoms with Crippen molar-refractivity contribution in [2.24, 2.45) is 0 Å². The average Bonchev–Trinajstić information content (AvgIpc) is 2.65. The van der Waals surface area contributed by atoms with Gasteiger partial charge in [-0.15, -0.1) is 11.3 Å². The molecule has 4 nitrogen and oxygen atoms in total. The minimum Gasteiger partial charge on any atom is -0.497 e. The zero-order valence-corrected chi connectivity index (χ0v) is 9.04.